The SMILES string of the molecule is O=C(CSc1cc(N2CCCC2)ncn1)Nc1ccc(Br)cc1F. The van der Waals surface area contributed by atoms with Gasteiger partial charge < -0.3 is 10.2 Å². The fourth-order valence-electron chi connectivity index (χ4n) is 2.44. The minimum Gasteiger partial charge on any atom is -0.356 e. The molecule has 0 unspecified atom stereocenters. The van der Waals surface area contributed by atoms with Crippen LogP contribution in [0.5, 0.6) is 0 Å². The Morgan fingerprint density at radius 1 is 1.29 bits per heavy atom. The van der Waals surface area contributed by atoms with Gasteiger partial charge in [-0.3, -0.25) is 4.79 Å². The molecule has 1 saturated heterocycles. The number of carbonyl (C=O) groups excluding carboxylic acids is 1. The lowest BCUT2D eigenvalue weighted by Crippen LogP contribution is -2.19. The monoisotopic (exact) mass is 410 g/mol. The van der Waals surface area contributed by atoms with Crippen molar-refractivity contribution in [3.63, 3.8) is 0 Å². The highest BCUT2D eigenvalue weighted by Crippen LogP contribution is 2.23. The second-order valence-corrected chi connectivity index (χ2v) is 7.28. The highest BCUT2D eigenvalue weighted by atomic mass is 79.9. The minimum absolute atomic E-state index is 0.159. The summed E-state index contributed by atoms with van der Waals surface area (Å²) in [6.45, 7) is 2.01. The van der Waals surface area contributed by atoms with Crippen molar-refractivity contribution in [2.75, 3.05) is 29.1 Å². The van der Waals surface area contributed by atoms with Crippen molar-refractivity contribution in [3.8, 4) is 0 Å². The van der Waals surface area contributed by atoms with Gasteiger partial charge in [0.1, 0.15) is 23.0 Å². The van der Waals surface area contributed by atoms with Crippen molar-refractivity contribution in [1.82, 2.24) is 9.97 Å². The van der Waals surface area contributed by atoms with Crippen molar-refractivity contribution >= 4 is 45.1 Å². The molecule has 0 atom stereocenters. The third-order valence-electron chi connectivity index (χ3n) is 3.61. The average Bonchev–Trinajstić information content (AvgIpc) is 3.10. The summed E-state index contributed by atoms with van der Waals surface area (Å²) in [5, 5.41) is 3.30. The second kappa shape index (κ2) is 7.94. The van der Waals surface area contributed by atoms with Crippen LogP contribution in [0.3, 0.4) is 0 Å². The van der Waals surface area contributed by atoms with Crippen molar-refractivity contribution in [1.29, 1.82) is 0 Å². The van der Waals surface area contributed by atoms with Gasteiger partial charge in [0, 0.05) is 23.6 Å². The summed E-state index contributed by atoms with van der Waals surface area (Å²) in [5.41, 5.74) is 0.171. The summed E-state index contributed by atoms with van der Waals surface area (Å²) in [5.74, 6) is 0.305. The number of thioether (sulfide) groups is 1. The molecular formula is C16H16BrFN4OS. The van der Waals surface area contributed by atoms with Crippen molar-refractivity contribution in [2.45, 2.75) is 17.9 Å². The zero-order valence-electron chi connectivity index (χ0n) is 12.8. The van der Waals surface area contributed by atoms with E-state index in [9.17, 15) is 9.18 Å². The molecule has 0 radical (unpaired) electrons. The maximum Gasteiger partial charge on any atom is 0.234 e. The first-order chi connectivity index (χ1) is 11.6. The van der Waals surface area contributed by atoms with Crippen molar-refractivity contribution in [3.05, 3.63) is 40.9 Å². The number of anilines is 2. The first-order valence-electron chi connectivity index (χ1n) is 7.56. The Morgan fingerprint density at radius 3 is 2.83 bits per heavy atom. The molecule has 1 N–H and O–H groups in total. The third-order valence-corrected chi connectivity index (χ3v) is 5.03. The lowest BCUT2D eigenvalue weighted by atomic mass is 10.3. The van der Waals surface area contributed by atoms with E-state index in [0.717, 1.165) is 23.9 Å². The number of benzene rings is 1. The van der Waals surface area contributed by atoms with E-state index in [1.165, 1.54) is 43.1 Å². The Kier molecular flexibility index (Phi) is 5.68. The van der Waals surface area contributed by atoms with Gasteiger partial charge in [-0.1, -0.05) is 27.7 Å². The van der Waals surface area contributed by atoms with Crippen LogP contribution in [0.2, 0.25) is 0 Å². The van der Waals surface area contributed by atoms with Crippen LogP contribution in [0.1, 0.15) is 12.8 Å². The molecule has 3 rings (SSSR count). The number of nitrogens with one attached hydrogen (secondary N) is 1. The Balaban J connectivity index is 1.57. The van der Waals surface area contributed by atoms with E-state index in [1.54, 1.807) is 6.07 Å². The van der Waals surface area contributed by atoms with E-state index in [0.29, 0.717) is 4.47 Å². The van der Waals surface area contributed by atoms with Crippen LogP contribution in [0.15, 0.2) is 40.1 Å². The third kappa shape index (κ3) is 4.45. The molecule has 2 aromatic rings. The largest absolute Gasteiger partial charge is 0.356 e. The molecule has 0 spiro atoms. The number of nitrogens with zero attached hydrogens (tertiary/aromatic N) is 3. The number of halogens is 2. The molecule has 1 aromatic heterocycles. The molecule has 8 heteroatoms. The average molecular weight is 411 g/mol. The van der Waals surface area contributed by atoms with Gasteiger partial charge >= 0.3 is 0 Å². The Labute approximate surface area is 152 Å². The molecule has 24 heavy (non-hydrogen) atoms. The van der Waals surface area contributed by atoms with E-state index in [2.05, 4.69) is 36.1 Å². The summed E-state index contributed by atoms with van der Waals surface area (Å²) in [6, 6.07) is 6.41. The van der Waals surface area contributed by atoms with Crippen LogP contribution in [0.25, 0.3) is 0 Å². The van der Waals surface area contributed by atoms with Gasteiger partial charge in [-0.15, -0.1) is 0 Å². The lowest BCUT2D eigenvalue weighted by molar-refractivity contribution is -0.113. The number of aromatic nitrogens is 2. The second-order valence-electron chi connectivity index (χ2n) is 5.37. The van der Waals surface area contributed by atoms with Gasteiger partial charge in [0.25, 0.3) is 0 Å². The number of hydrogen-bond donors (Lipinski definition) is 1. The van der Waals surface area contributed by atoms with Gasteiger partial charge in [-0.25, -0.2) is 14.4 Å². The maximum atomic E-state index is 13.7. The van der Waals surface area contributed by atoms with Crippen LogP contribution < -0.4 is 10.2 Å². The zero-order valence-corrected chi connectivity index (χ0v) is 15.2. The normalized spacial score (nSPS) is 14.0. The number of carbonyl (C=O) groups is 1. The number of amides is 1. The van der Waals surface area contributed by atoms with Gasteiger partial charge in [0.2, 0.25) is 5.91 Å². The smallest absolute Gasteiger partial charge is 0.234 e. The molecule has 1 amide bonds. The van der Waals surface area contributed by atoms with Crippen LogP contribution in [0, 0.1) is 5.82 Å². The van der Waals surface area contributed by atoms with Crippen molar-refractivity contribution < 1.29 is 9.18 Å². The standard InChI is InChI=1S/C16H16BrFN4OS/c17-11-3-4-13(12(18)7-11)21-15(23)9-24-16-8-14(19-10-20-16)22-5-1-2-6-22/h3-4,7-8,10H,1-2,5-6,9H2,(H,21,23). The Bertz CT molecular complexity index is 740. The molecule has 5 nitrogen and oxygen atoms in total. The Hall–Kier alpha value is -1.67. The first kappa shape index (κ1) is 17.2. The maximum absolute atomic E-state index is 13.7. The summed E-state index contributed by atoms with van der Waals surface area (Å²) < 4.78 is 14.3. The van der Waals surface area contributed by atoms with E-state index >= 15 is 0 Å². The van der Waals surface area contributed by atoms with Crippen LogP contribution >= 0.6 is 27.7 Å². The predicted molar refractivity (Wildman–Crippen MR) is 96.9 cm³/mol. The molecule has 126 valence electrons. The van der Waals surface area contributed by atoms with E-state index in [-0.39, 0.29) is 17.3 Å². The zero-order chi connectivity index (χ0) is 16.9. The Morgan fingerprint density at radius 2 is 2.08 bits per heavy atom. The van der Waals surface area contributed by atoms with Gasteiger partial charge in [-0.05, 0) is 31.0 Å². The summed E-state index contributed by atoms with van der Waals surface area (Å²) in [6.07, 6.45) is 3.86. The van der Waals surface area contributed by atoms with E-state index in [1.807, 2.05) is 6.07 Å². The van der Waals surface area contributed by atoms with Gasteiger partial charge in [-0.2, -0.15) is 0 Å². The first-order valence-corrected chi connectivity index (χ1v) is 9.34. The highest BCUT2D eigenvalue weighted by Gasteiger charge is 2.15. The molecule has 0 saturated carbocycles. The van der Waals surface area contributed by atoms with Crippen LogP contribution in [-0.4, -0.2) is 34.7 Å². The fourth-order valence-corrected chi connectivity index (χ4v) is 3.44. The summed E-state index contributed by atoms with van der Waals surface area (Å²) >= 11 is 4.49. The molecule has 1 fully saturated rings. The molecule has 1 aliphatic rings. The van der Waals surface area contributed by atoms with E-state index in [4.69, 9.17) is 0 Å². The summed E-state index contributed by atoms with van der Waals surface area (Å²) in [7, 11) is 0. The topological polar surface area (TPSA) is 58.1 Å². The summed E-state index contributed by atoms with van der Waals surface area (Å²) in [4.78, 5) is 22.7. The molecule has 2 heterocycles. The van der Waals surface area contributed by atoms with Gasteiger partial charge in [0.15, 0.2) is 0 Å². The highest BCUT2D eigenvalue weighted by molar-refractivity contribution is 9.10. The van der Waals surface area contributed by atoms with Crippen LogP contribution in [-0.2, 0) is 4.79 Å². The predicted octanol–water partition coefficient (Wildman–Crippen LogP) is 3.71. The molecular weight excluding hydrogens is 395 g/mol. The van der Waals surface area contributed by atoms with Crippen LogP contribution in [0.4, 0.5) is 15.9 Å². The number of rotatable bonds is 5. The molecule has 0 aliphatic carbocycles. The van der Waals surface area contributed by atoms with E-state index < -0.39 is 5.82 Å². The fraction of sp³-hybridized carbons (Fsp3) is 0.312. The molecule has 0 bridgehead atoms. The minimum atomic E-state index is -0.471. The quantitative estimate of drug-likeness (QED) is 0.601. The van der Waals surface area contributed by atoms with Gasteiger partial charge in [0.05, 0.1) is 11.4 Å². The lowest BCUT2D eigenvalue weighted by Gasteiger charge is -2.16. The molecule has 1 aromatic carbocycles. The molecule has 1 aliphatic heterocycles. The number of hydrogen-bond acceptors (Lipinski definition) is 5. The van der Waals surface area contributed by atoms with Crippen molar-refractivity contribution in [2.24, 2.45) is 0 Å².